The third kappa shape index (κ3) is 5.91. The smallest absolute Gasteiger partial charge is 0.270 e. The molecule has 8 heteroatoms. The predicted octanol–water partition coefficient (Wildman–Crippen LogP) is 5.36. The van der Waals surface area contributed by atoms with E-state index in [-0.39, 0.29) is 11.4 Å². The lowest BCUT2D eigenvalue weighted by atomic mass is 10.1. The van der Waals surface area contributed by atoms with E-state index in [1.165, 1.54) is 24.3 Å². The summed E-state index contributed by atoms with van der Waals surface area (Å²) in [6, 6.07) is 6.08. The van der Waals surface area contributed by atoms with E-state index in [1.807, 2.05) is 0 Å². The van der Waals surface area contributed by atoms with Crippen LogP contribution in [-0.2, 0) is 0 Å². The Morgan fingerprint density at radius 2 is 0.966 bits per heavy atom. The molecule has 0 spiro atoms. The lowest BCUT2D eigenvalue weighted by Gasteiger charge is -2.13. The first-order valence-corrected chi connectivity index (χ1v) is 9.47. The van der Waals surface area contributed by atoms with Crippen LogP contribution < -0.4 is 9.47 Å². The fourth-order valence-corrected chi connectivity index (χ4v) is 3.25. The summed E-state index contributed by atoms with van der Waals surface area (Å²) >= 11 is 0. The maximum absolute atomic E-state index is 10.9. The molecule has 0 aliphatic carbocycles. The second-order valence-electron chi connectivity index (χ2n) is 7.09. The average molecular weight is 402 g/mol. The Hall–Kier alpha value is -3.16. The topological polar surface area (TPSA) is 105 Å². The van der Waals surface area contributed by atoms with Crippen molar-refractivity contribution in [1.82, 2.24) is 0 Å². The zero-order valence-corrected chi connectivity index (χ0v) is 17.2. The molecule has 0 atom stereocenters. The van der Waals surface area contributed by atoms with Gasteiger partial charge in [0.2, 0.25) is 0 Å². The van der Waals surface area contributed by atoms with Gasteiger partial charge in [0.15, 0.2) is 0 Å². The van der Waals surface area contributed by atoms with Gasteiger partial charge < -0.3 is 9.47 Å². The van der Waals surface area contributed by atoms with Crippen LogP contribution in [0.1, 0.15) is 41.5 Å². The molecule has 0 amide bonds. The maximum atomic E-state index is 10.9. The summed E-state index contributed by atoms with van der Waals surface area (Å²) in [5, 5.41) is 21.8. The number of aryl methyl sites for hydroxylation is 4. The van der Waals surface area contributed by atoms with Crippen LogP contribution in [0.4, 0.5) is 11.4 Å². The van der Waals surface area contributed by atoms with E-state index >= 15 is 0 Å². The molecule has 0 fully saturated rings. The van der Waals surface area contributed by atoms with Gasteiger partial charge in [-0.15, -0.1) is 0 Å². The Morgan fingerprint density at radius 3 is 1.24 bits per heavy atom. The number of unbranched alkanes of at least 4 members (excludes halogenated alkanes) is 2. The van der Waals surface area contributed by atoms with Crippen LogP contribution in [0.5, 0.6) is 11.5 Å². The molecule has 0 N–H and O–H groups in total. The van der Waals surface area contributed by atoms with Gasteiger partial charge in [-0.25, -0.2) is 0 Å². The minimum Gasteiger partial charge on any atom is -0.493 e. The molecule has 0 heterocycles. The molecule has 0 aliphatic rings. The van der Waals surface area contributed by atoms with Gasteiger partial charge in [-0.2, -0.15) is 0 Å². The van der Waals surface area contributed by atoms with Crippen molar-refractivity contribution in [2.75, 3.05) is 13.2 Å². The van der Waals surface area contributed by atoms with E-state index in [0.717, 1.165) is 41.5 Å². The van der Waals surface area contributed by atoms with E-state index < -0.39 is 9.85 Å². The summed E-state index contributed by atoms with van der Waals surface area (Å²) in [5.41, 5.74) is 3.16. The molecular formula is C21H26N2O6. The highest BCUT2D eigenvalue weighted by atomic mass is 16.6. The number of non-ortho nitro benzene ring substituents is 2. The fourth-order valence-electron chi connectivity index (χ4n) is 3.25. The molecule has 0 aliphatic heterocycles. The molecule has 156 valence electrons. The van der Waals surface area contributed by atoms with Crippen molar-refractivity contribution in [1.29, 1.82) is 0 Å². The SMILES string of the molecule is Cc1cc([N+](=O)[O-])cc(C)c1OCCCCCOc1c(C)cc([N+](=O)[O-])cc1C. The van der Waals surface area contributed by atoms with Gasteiger partial charge in [0.1, 0.15) is 11.5 Å². The van der Waals surface area contributed by atoms with Crippen molar-refractivity contribution in [2.24, 2.45) is 0 Å². The van der Waals surface area contributed by atoms with Crippen molar-refractivity contribution in [3.05, 3.63) is 66.7 Å². The number of nitro groups is 2. The predicted molar refractivity (Wildman–Crippen MR) is 110 cm³/mol. The molecular weight excluding hydrogens is 376 g/mol. The third-order valence-corrected chi connectivity index (χ3v) is 4.59. The molecule has 2 aromatic rings. The number of ether oxygens (including phenoxy) is 2. The molecule has 0 saturated heterocycles. The van der Waals surface area contributed by atoms with E-state index in [9.17, 15) is 20.2 Å². The summed E-state index contributed by atoms with van der Waals surface area (Å²) in [4.78, 5) is 21.0. The second kappa shape index (κ2) is 9.86. The van der Waals surface area contributed by atoms with Crippen molar-refractivity contribution in [3.8, 4) is 11.5 Å². The molecule has 8 nitrogen and oxygen atoms in total. The summed E-state index contributed by atoms with van der Waals surface area (Å²) in [7, 11) is 0. The quantitative estimate of drug-likeness (QED) is 0.301. The summed E-state index contributed by atoms with van der Waals surface area (Å²) in [6.07, 6.45) is 2.56. The summed E-state index contributed by atoms with van der Waals surface area (Å²) in [6.45, 7) is 8.26. The molecule has 0 bridgehead atoms. The zero-order valence-electron chi connectivity index (χ0n) is 17.2. The van der Waals surface area contributed by atoms with Crippen LogP contribution in [0.2, 0.25) is 0 Å². The minimum absolute atomic E-state index is 0.0707. The molecule has 2 rings (SSSR count). The average Bonchev–Trinajstić information content (AvgIpc) is 2.63. The van der Waals surface area contributed by atoms with E-state index in [0.29, 0.717) is 24.7 Å². The van der Waals surface area contributed by atoms with Crippen LogP contribution in [0.3, 0.4) is 0 Å². The standard InChI is InChI=1S/C21H26N2O6/c1-14-10-18(22(24)25)11-15(2)20(14)28-8-6-5-7-9-29-21-16(3)12-19(23(26)27)13-17(21)4/h10-13H,5-9H2,1-4H3. The molecule has 29 heavy (non-hydrogen) atoms. The van der Waals surface area contributed by atoms with E-state index in [2.05, 4.69) is 0 Å². The Balaban J connectivity index is 1.76. The molecule has 0 saturated carbocycles. The van der Waals surface area contributed by atoms with Gasteiger partial charge in [0.25, 0.3) is 11.4 Å². The van der Waals surface area contributed by atoms with Gasteiger partial charge in [-0.3, -0.25) is 20.2 Å². The molecule has 0 radical (unpaired) electrons. The van der Waals surface area contributed by atoms with Crippen molar-refractivity contribution in [3.63, 3.8) is 0 Å². The van der Waals surface area contributed by atoms with Gasteiger partial charge in [-0.05, 0) is 69.2 Å². The van der Waals surface area contributed by atoms with Gasteiger partial charge in [-0.1, -0.05) is 0 Å². The van der Waals surface area contributed by atoms with Gasteiger partial charge in [0.05, 0.1) is 23.1 Å². The van der Waals surface area contributed by atoms with Crippen molar-refractivity contribution < 1.29 is 19.3 Å². The minimum atomic E-state index is -0.405. The lowest BCUT2D eigenvalue weighted by molar-refractivity contribution is -0.385. The number of hydrogen-bond donors (Lipinski definition) is 0. The Bertz CT molecular complexity index is 791. The summed E-state index contributed by atoms with van der Waals surface area (Å²) in [5.74, 6) is 1.40. The number of benzene rings is 2. The lowest BCUT2D eigenvalue weighted by Crippen LogP contribution is -2.04. The van der Waals surface area contributed by atoms with Gasteiger partial charge >= 0.3 is 0 Å². The number of hydrogen-bond acceptors (Lipinski definition) is 6. The van der Waals surface area contributed by atoms with Crippen LogP contribution in [-0.4, -0.2) is 23.1 Å². The zero-order chi connectivity index (χ0) is 21.6. The van der Waals surface area contributed by atoms with E-state index in [4.69, 9.17) is 9.47 Å². The highest BCUT2D eigenvalue weighted by molar-refractivity contribution is 5.49. The van der Waals surface area contributed by atoms with Gasteiger partial charge in [0, 0.05) is 24.3 Å². The highest BCUT2D eigenvalue weighted by Crippen LogP contribution is 2.29. The maximum Gasteiger partial charge on any atom is 0.270 e. The van der Waals surface area contributed by atoms with Crippen LogP contribution in [0.15, 0.2) is 24.3 Å². The Kier molecular flexibility index (Phi) is 7.52. The van der Waals surface area contributed by atoms with Crippen molar-refractivity contribution >= 4 is 11.4 Å². The number of nitro benzene ring substituents is 2. The Labute approximate surface area is 169 Å². The third-order valence-electron chi connectivity index (χ3n) is 4.59. The Morgan fingerprint density at radius 1 is 0.655 bits per heavy atom. The monoisotopic (exact) mass is 402 g/mol. The number of nitrogens with zero attached hydrogens (tertiary/aromatic N) is 2. The fraction of sp³-hybridized carbons (Fsp3) is 0.429. The normalized spacial score (nSPS) is 10.6. The first kappa shape index (κ1) is 22.1. The first-order chi connectivity index (χ1) is 13.7. The summed E-state index contributed by atoms with van der Waals surface area (Å²) < 4.78 is 11.6. The van der Waals surface area contributed by atoms with E-state index in [1.54, 1.807) is 27.7 Å². The molecule has 2 aromatic carbocycles. The molecule has 0 aromatic heterocycles. The first-order valence-electron chi connectivity index (χ1n) is 9.47. The van der Waals surface area contributed by atoms with Crippen LogP contribution in [0.25, 0.3) is 0 Å². The van der Waals surface area contributed by atoms with Crippen molar-refractivity contribution in [2.45, 2.75) is 47.0 Å². The number of rotatable bonds is 10. The van der Waals surface area contributed by atoms with Crippen LogP contribution >= 0.6 is 0 Å². The molecule has 0 unspecified atom stereocenters. The largest absolute Gasteiger partial charge is 0.493 e. The van der Waals surface area contributed by atoms with Crippen LogP contribution in [0, 0.1) is 47.9 Å². The second-order valence-corrected chi connectivity index (χ2v) is 7.09. The highest BCUT2D eigenvalue weighted by Gasteiger charge is 2.14.